The molecule has 2 heteroatoms. The molecule has 1 unspecified atom stereocenters. The molecule has 1 rings (SSSR count). The van der Waals surface area contributed by atoms with Crippen LogP contribution in [0.4, 0.5) is 0 Å². The Morgan fingerprint density at radius 3 is 2.64 bits per heavy atom. The van der Waals surface area contributed by atoms with Crippen LogP contribution in [0.3, 0.4) is 0 Å². The summed E-state index contributed by atoms with van der Waals surface area (Å²) in [6, 6.07) is 0. The van der Waals surface area contributed by atoms with E-state index in [4.69, 9.17) is 9.47 Å². The maximum absolute atomic E-state index is 5.78. The van der Waals surface area contributed by atoms with Crippen molar-refractivity contribution in [3.05, 3.63) is 6.10 Å². The lowest BCUT2D eigenvalue weighted by atomic mass is 9.94. The molecule has 1 aliphatic carbocycles. The summed E-state index contributed by atoms with van der Waals surface area (Å²) < 4.78 is 11.5. The second-order valence-electron chi connectivity index (χ2n) is 3.92. The van der Waals surface area contributed by atoms with Crippen molar-refractivity contribution in [3.63, 3.8) is 0 Å². The summed E-state index contributed by atoms with van der Waals surface area (Å²) in [5, 5.41) is 0. The summed E-state index contributed by atoms with van der Waals surface area (Å²) in [6.07, 6.45) is 8.48. The average Bonchev–Trinajstić information content (AvgIpc) is 2.24. The van der Waals surface area contributed by atoms with Crippen molar-refractivity contribution in [2.24, 2.45) is 0 Å². The van der Waals surface area contributed by atoms with Crippen LogP contribution in [0, 0.1) is 6.10 Å². The third kappa shape index (κ3) is 3.97. The summed E-state index contributed by atoms with van der Waals surface area (Å²) in [6.45, 7) is 6.01. The van der Waals surface area contributed by atoms with E-state index in [1.807, 2.05) is 0 Å². The molecule has 2 nitrogen and oxygen atoms in total. The Labute approximate surface area is 88.0 Å². The zero-order valence-electron chi connectivity index (χ0n) is 9.55. The van der Waals surface area contributed by atoms with Crippen molar-refractivity contribution >= 4 is 0 Å². The van der Waals surface area contributed by atoms with E-state index in [9.17, 15) is 0 Å². The molecule has 0 aromatic carbocycles. The van der Waals surface area contributed by atoms with E-state index in [-0.39, 0.29) is 6.10 Å². The van der Waals surface area contributed by atoms with E-state index in [1.54, 1.807) is 0 Å². The lowest BCUT2D eigenvalue weighted by Crippen LogP contribution is -2.28. The average molecular weight is 199 g/mol. The summed E-state index contributed by atoms with van der Waals surface area (Å²) >= 11 is 0. The fourth-order valence-electron chi connectivity index (χ4n) is 1.79. The second kappa shape index (κ2) is 7.24. The van der Waals surface area contributed by atoms with Crippen LogP contribution in [0.5, 0.6) is 0 Å². The third-order valence-electron chi connectivity index (χ3n) is 2.51. The monoisotopic (exact) mass is 199 g/mol. The Kier molecular flexibility index (Phi) is 6.20. The van der Waals surface area contributed by atoms with Gasteiger partial charge in [-0.1, -0.05) is 26.7 Å². The molecule has 1 atom stereocenters. The lowest BCUT2D eigenvalue weighted by Gasteiger charge is -2.30. The van der Waals surface area contributed by atoms with Crippen molar-refractivity contribution in [2.75, 3.05) is 13.2 Å². The molecule has 0 aliphatic heterocycles. The Morgan fingerprint density at radius 2 is 1.93 bits per heavy atom. The molecule has 1 aliphatic rings. The van der Waals surface area contributed by atoms with Crippen LogP contribution in [-0.4, -0.2) is 19.3 Å². The number of ether oxygens (including phenoxy) is 2. The van der Waals surface area contributed by atoms with Crippen LogP contribution in [0.25, 0.3) is 0 Å². The molecule has 0 aromatic heterocycles. The van der Waals surface area contributed by atoms with Gasteiger partial charge >= 0.3 is 0 Å². The van der Waals surface area contributed by atoms with Gasteiger partial charge in [0.05, 0.1) is 6.10 Å². The topological polar surface area (TPSA) is 18.5 Å². The van der Waals surface area contributed by atoms with E-state index in [0.717, 1.165) is 38.9 Å². The highest BCUT2D eigenvalue weighted by Gasteiger charge is 2.27. The smallest absolute Gasteiger partial charge is 0.126 e. The molecular weight excluding hydrogens is 176 g/mol. The van der Waals surface area contributed by atoms with E-state index in [2.05, 4.69) is 13.8 Å². The Balaban J connectivity index is 2.26. The summed E-state index contributed by atoms with van der Waals surface area (Å²) in [7, 11) is 0. The molecule has 0 N–H and O–H groups in total. The largest absolute Gasteiger partial charge is 0.375 e. The maximum Gasteiger partial charge on any atom is 0.126 e. The zero-order chi connectivity index (χ0) is 10.2. The summed E-state index contributed by atoms with van der Waals surface area (Å²) in [4.78, 5) is 0. The van der Waals surface area contributed by atoms with E-state index in [0.29, 0.717) is 0 Å². The first kappa shape index (κ1) is 12.0. The maximum atomic E-state index is 5.78. The standard InChI is InChI=1S/C12H23O2/c1-3-9-13-11-7-5-6-8-12(11)14-10-4-2/h11H,3-10H2,1-2H3. The number of hydrogen-bond donors (Lipinski definition) is 0. The van der Waals surface area contributed by atoms with Gasteiger partial charge in [-0.3, -0.25) is 0 Å². The van der Waals surface area contributed by atoms with Gasteiger partial charge in [0.2, 0.25) is 0 Å². The molecule has 0 amide bonds. The van der Waals surface area contributed by atoms with Crippen molar-refractivity contribution in [1.29, 1.82) is 0 Å². The van der Waals surface area contributed by atoms with Gasteiger partial charge in [0.25, 0.3) is 0 Å². The highest BCUT2D eigenvalue weighted by Crippen LogP contribution is 2.29. The van der Waals surface area contributed by atoms with Gasteiger partial charge in [0.1, 0.15) is 6.10 Å². The minimum absolute atomic E-state index is 0.287. The Bertz CT molecular complexity index is 120. The fourth-order valence-corrected chi connectivity index (χ4v) is 1.79. The number of hydrogen-bond acceptors (Lipinski definition) is 2. The minimum atomic E-state index is 0.287. The van der Waals surface area contributed by atoms with Gasteiger partial charge in [-0.15, -0.1) is 0 Å². The quantitative estimate of drug-likeness (QED) is 0.653. The van der Waals surface area contributed by atoms with Crippen LogP contribution in [0.15, 0.2) is 0 Å². The first-order valence-corrected chi connectivity index (χ1v) is 5.98. The molecule has 1 saturated carbocycles. The predicted octanol–water partition coefficient (Wildman–Crippen LogP) is 3.31. The molecule has 14 heavy (non-hydrogen) atoms. The summed E-state index contributed by atoms with van der Waals surface area (Å²) in [5.74, 6) is 0. The van der Waals surface area contributed by atoms with Crippen molar-refractivity contribution in [2.45, 2.75) is 58.5 Å². The highest BCUT2D eigenvalue weighted by atomic mass is 16.5. The molecule has 1 radical (unpaired) electrons. The molecule has 1 fully saturated rings. The molecule has 83 valence electrons. The molecular formula is C12H23O2. The van der Waals surface area contributed by atoms with Crippen LogP contribution < -0.4 is 0 Å². The van der Waals surface area contributed by atoms with Gasteiger partial charge in [0, 0.05) is 13.2 Å². The third-order valence-corrected chi connectivity index (χ3v) is 2.51. The molecule has 0 spiro atoms. The van der Waals surface area contributed by atoms with Gasteiger partial charge in [0.15, 0.2) is 0 Å². The van der Waals surface area contributed by atoms with Crippen molar-refractivity contribution < 1.29 is 9.47 Å². The van der Waals surface area contributed by atoms with Crippen molar-refractivity contribution in [1.82, 2.24) is 0 Å². The highest BCUT2D eigenvalue weighted by molar-refractivity contribution is 4.92. The normalized spacial score (nSPS) is 24.0. The molecule has 0 heterocycles. The first-order chi connectivity index (χ1) is 6.88. The predicted molar refractivity (Wildman–Crippen MR) is 58.0 cm³/mol. The van der Waals surface area contributed by atoms with E-state index in [1.165, 1.54) is 18.9 Å². The SMILES string of the molecule is CCCO[C]1CCCCC1OCCC. The number of rotatable bonds is 6. The first-order valence-electron chi connectivity index (χ1n) is 5.98. The van der Waals surface area contributed by atoms with E-state index < -0.39 is 0 Å². The van der Waals surface area contributed by atoms with Gasteiger partial charge in [-0.25, -0.2) is 0 Å². The summed E-state index contributed by atoms with van der Waals surface area (Å²) in [5.41, 5.74) is 0. The zero-order valence-corrected chi connectivity index (χ0v) is 9.55. The molecule has 0 bridgehead atoms. The second-order valence-corrected chi connectivity index (χ2v) is 3.92. The Morgan fingerprint density at radius 1 is 1.14 bits per heavy atom. The van der Waals surface area contributed by atoms with Crippen molar-refractivity contribution in [3.8, 4) is 0 Å². The van der Waals surface area contributed by atoms with Gasteiger partial charge in [-0.05, 0) is 25.7 Å². The Hall–Kier alpha value is -0.0800. The van der Waals surface area contributed by atoms with E-state index >= 15 is 0 Å². The van der Waals surface area contributed by atoms with Crippen LogP contribution in [0.2, 0.25) is 0 Å². The van der Waals surface area contributed by atoms with Crippen LogP contribution in [-0.2, 0) is 9.47 Å². The van der Waals surface area contributed by atoms with Crippen LogP contribution >= 0.6 is 0 Å². The lowest BCUT2D eigenvalue weighted by molar-refractivity contribution is -0.0315. The molecule has 0 aromatic rings. The fraction of sp³-hybridized carbons (Fsp3) is 0.917. The minimum Gasteiger partial charge on any atom is -0.375 e. The van der Waals surface area contributed by atoms with Crippen LogP contribution in [0.1, 0.15) is 52.4 Å². The molecule has 0 saturated heterocycles. The van der Waals surface area contributed by atoms with Gasteiger partial charge in [-0.2, -0.15) is 0 Å². The van der Waals surface area contributed by atoms with Gasteiger partial charge < -0.3 is 9.47 Å².